The zero-order valence-electron chi connectivity index (χ0n) is 12.5. The largest absolute Gasteiger partial charge is 0.353 e. The molecule has 1 N–H and O–H groups in total. The minimum absolute atomic E-state index is 0. The molecule has 0 aliphatic heterocycles. The van der Waals surface area contributed by atoms with E-state index in [1.54, 1.807) is 0 Å². The van der Waals surface area contributed by atoms with E-state index in [4.69, 9.17) is 0 Å². The average Bonchev–Trinajstić information content (AvgIpc) is 2.69. The Bertz CT molecular complexity index is 450. The summed E-state index contributed by atoms with van der Waals surface area (Å²) >= 11 is 0. The number of hydrogen-bond acceptors (Lipinski definition) is 1. The third-order valence-corrected chi connectivity index (χ3v) is 3.84. The Morgan fingerprint density at radius 1 is 1.58 bits per heavy atom. The van der Waals surface area contributed by atoms with Crippen LogP contribution in [0, 0.1) is 5.41 Å². The summed E-state index contributed by atoms with van der Waals surface area (Å²) in [4.78, 5) is 6.54. The fraction of sp³-hybridized carbons (Fsp3) is 0.643. The van der Waals surface area contributed by atoms with Gasteiger partial charge in [-0.25, -0.2) is 0 Å². The molecular weight excluding hydrogens is 351 g/mol. The number of aromatic nitrogens is 1. The summed E-state index contributed by atoms with van der Waals surface area (Å²) < 4.78 is 2.14. The van der Waals surface area contributed by atoms with E-state index in [9.17, 15) is 0 Å². The Hall–Kier alpha value is -0.720. The van der Waals surface area contributed by atoms with Crippen molar-refractivity contribution in [2.45, 2.75) is 32.9 Å². The van der Waals surface area contributed by atoms with Crippen LogP contribution in [0.4, 0.5) is 0 Å². The van der Waals surface area contributed by atoms with E-state index < -0.39 is 0 Å². The Morgan fingerprint density at radius 2 is 2.21 bits per heavy atom. The maximum atomic E-state index is 4.37. The lowest BCUT2D eigenvalue weighted by molar-refractivity contribution is 0.454. The Labute approximate surface area is 133 Å². The second-order valence-corrected chi connectivity index (χ2v) is 5.90. The molecule has 1 saturated carbocycles. The van der Waals surface area contributed by atoms with Crippen molar-refractivity contribution >= 4 is 29.9 Å². The molecule has 1 atom stereocenters. The van der Waals surface area contributed by atoms with E-state index in [-0.39, 0.29) is 24.0 Å². The molecule has 1 aromatic rings. The third-order valence-electron chi connectivity index (χ3n) is 3.84. The highest BCUT2D eigenvalue weighted by molar-refractivity contribution is 14.0. The molecule has 1 aliphatic carbocycles. The quantitative estimate of drug-likeness (QED) is 0.500. The molecule has 0 saturated heterocycles. The first-order chi connectivity index (χ1) is 8.44. The number of halogens is 1. The van der Waals surface area contributed by atoms with Crippen LogP contribution in [-0.2, 0) is 13.6 Å². The average molecular weight is 376 g/mol. The third kappa shape index (κ3) is 3.87. The minimum atomic E-state index is 0. The first-order valence-electron chi connectivity index (χ1n) is 6.48. The van der Waals surface area contributed by atoms with E-state index in [1.165, 1.54) is 12.1 Å². The normalized spacial score (nSPS) is 20.7. The predicted octanol–water partition coefficient (Wildman–Crippen LogP) is 2.45. The lowest BCUT2D eigenvalue weighted by atomic mass is 10.2. The number of hydrogen-bond donors (Lipinski definition) is 1. The van der Waals surface area contributed by atoms with Gasteiger partial charge in [0.25, 0.3) is 0 Å². The van der Waals surface area contributed by atoms with Crippen LogP contribution in [0.1, 0.15) is 26.0 Å². The van der Waals surface area contributed by atoms with Crippen molar-refractivity contribution < 1.29 is 0 Å². The molecule has 1 heterocycles. The zero-order valence-corrected chi connectivity index (χ0v) is 14.8. The molecule has 5 heteroatoms. The lowest BCUT2D eigenvalue weighted by Gasteiger charge is -2.23. The maximum absolute atomic E-state index is 4.37. The number of nitrogens with one attached hydrogen (secondary N) is 1. The van der Waals surface area contributed by atoms with Gasteiger partial charge in [0.1, 0.15) is 0 Å². The Morgan fingerprint density at radius 3 is 2.63 bits per heavy atom. The second-order valence-electron chi connectivity index (χ2n) is 5.90. The molecule has 0 spiro atoms. The van der Waals surface area contributed by atoms with E-state index >= 15 is 0 Å². The van der Waals surface area contributed by atoms with Crippen molar-refractivity contribution in [3.05, 3.63) is 24.0 Å². The molecule has 0 amide bonds. The van der Waals surface area contributed by atoms with Gasteiger partial charge in [0, 0.05) is 39.1 Å². The zero-order chi connectivity index (χ0) is 13.3. The molecule has 108 valence electrons. The number of guanidine groups is 1. The maximum Gasteiger partial charge on any atom is 0.193 e. The van der Waals surface area contributed by atoms with Crippen LogP contribution >= 0.6 is 24.0 Å². The van der Waals surface area contributed by atoms with Crippen LogP contribution in [-0.4, -0.2) is 35.6 Å². The smallest absolute Gasteiger partial charge is 0.193 e. The van der Waals surface area contributed by atoms with Gasteiger partial charge in [-0.3, -0.25) is 4.99 Å². The molecule has 2 rings (SSSR count). The van der Waals surface area contributed by atoms with Crippen molar-refractivity contribution in [2.24, 2.45) is 17.5 Å². The number of aryl methyl sites for hydroxylation is 1. The summed E-state index contributed by atoms with van der Waals surface area (Å²) in [6, 6.07) is 4.78. The van der Waals surface area contributed by atoms with Gasteiger partial charge in [-0.1, -0.05) is 13.8 Å². The van der Waals surface area contributed by atoms with Gasteiger partial charge in [-0.15, -0.1) is 24.0 Å². The summed E-state index contributed by atoms with van der Waals surface area (Å²) in [5.74, 6) is 0.978. The van der Waals surface area contributed by atoms with E-state index in [0.29, 0.717) is 11.5 Å². The number of rotatable bonds is 3. The van der Waals surface area contributed by atoms with E-state index in [1.807, 2.05) is 7.05 Å². The molecule has 4 nitrogen and oxygen atoms in total. The standard InChI is InChI=1S/C14H24N4.HI/c1-14(2)9-12(14)16-13(15-3)18(5)10-11-7-6-8-17(11)4;/h6-8,12H,9-10H2,1-5H3,(H,15,16);1H. The van der Waals surface area contributed by atoms with Gasteiger partial charge in [0.15, 0.2) is 5.96 Å². The fourth-order valence-electron chi connectivity index (χ4n) is 2.19. The molecule has 1 unspecified atom stereocenters. The molecule has 0 radical (unpaired) electrons. The number of aliphatic imine (C=N–C) groups is 1. The number of nitrogens with zero attached hydrogens (tertiary/aromatic N) is 3. The van der Waals surface area contributed by atoms with Gasteiger partial charge in [0.2, 0.25) is 0 Å². The predicted molar refractivity (Wildman–Crippen MR) is 91.0 cm³/mol. The highest BCUT2D eigenvalue weighted by Gasteiger charge is 2.46. The Balaban J connectivity index is 0.00000180. The summed E-state index contributed by atoms with van der Waals surface area (Å²) in [6.45, 7) is 5.45. The molecule has 0 bridgehead atoms. The molecular formula is C14H25IN4. The summed E-state index contributed by atoms with van der Waals surface area (Å²) in [5, 5.41) is 3.53. The van der Waals surface area contributed by atoms with Crippen molar-refractivity contribution in [1.82, 2.24) is 14.8 Å². The SMILES string of the molecule is CN=C(NC1CC1(C)C)N(C)Cc1cccn1C.I. The summed E-state index contributed by atoms with van der Waals surface area (Å²) in [6.07, 6.45) is 3.30. The van der Waals surface area contributed by atoms with Gasteiger partial charge in [-0.2, -0.15) is 0 Å². The fourth-order valence-corrected chi connectivity index (χ4v) is 2.19. The lowest BCUT2D eigenvalue weighted by Crippen LogP contribution is -2.41. The Kier molecular flexibility index (Phi) is 5.29. The molecule has 1 fully saturated rings. The highest BCUT2D eigenvalue weighted by Crippen LogP contribution is 2.44. The van der Waals surface area contributed by atoms with Crippen LogP contribution < -0.4 is 5.32 Å². The van der Waals surface area contributed by atoms with Crippen LogP contribution in [0.2, 0.25) is 0 Å². The van der Waals surface area contributed by atoms with E-state index in [0.717, 1.165) is 12.5 Å². The van der Waals surface area contributed by atoms with Crippen molar-refractivity contribution in [3.63, 3.8) is 0 Å². The van der Waals surface area contributed by atoms with Gasteiger partial charge in [-0.05, 0) is 24.0 Å². The topological polar surface area (TPSA) is 32.6 Å². The van der Waals surface area contributed by atoms with Crippen LogP contribution in [0.3, 0.4) is 0 Å². The van der Waals surface area contributed by atoms with E-state index in [2.05, 4.69) is 66.0 Å². The minimum Gasteiger partial charge on any atom is -0.353 e. The summed E-state index contributed by atoms with van der Waals surface area (Å²) in [5.41, 5.74) is 1.71. The van der Waals surface area contributed by atoms with Gasteiger partial charge in [0.05, 0.1) is 6.54 Å². The highest BCUT2D eigenvalue weighted by atomic mass is 127. The van der Waals surface area contributed by atoms with Crippen molar-refractivity contribution in [2.75, 3.05) is 14.1 Å². The first kappa shape index (κ1) is 16.3. The van der Waals surface area contributed by atoms with Crippen molar-refractivity contribution in [1.29, 1.82) is 0 Å². The van der Waals surface area contributed by atoms with Gasteiger partial charge < -0.3 is 14.8 Å². The molecule has 0 aromatic carbocycles. The van der Waals surface area contributed by atoms with Crippen LogP contribution in [0.15, 0.2) is 23.3 Å². The first-order valence-corrected chi connectivity index (χ1v) is 6.48. The second kappa shape index (κ2) is 6.15. The van der Waals surface area contributed by atoms with Crippen LogP contribution in [0.5, 0.6) is 0 Å². The summed E-state index contributed by atoms with van der Waals surface area (Å²) in [7, 11) is 6.00. The molecule has 19 heavy (non-hydrogen) atoms. The van der Waals surface area contributed by atoms with Crippen LogP contribution in [0.25, 0.3) is 0 Å². The van der Waals surface area contributed by atoms with Crippen molar-refractivity contribution in [3.8, 4) is 0 Å². The van der Waals surface area contributed by atoms with Gasteiger partial charge >= 0.3 is 0 Å². The monoisotopic (exact) mass is 376 g/mol. The molecule has 1 aliphatic rings. The molecule has 1 aromatic heterocycles.